The van der Waals surface area contributed by atoms with E-state index in [0.717, 1.165) is 16.6 Å². The van der Waals surface area contributed by atoms with Gasteiger partial charge >= 0.3 is 6.09 Å². The minimum Gasteiger partial charge on any atom is -0.444 e. The van der Waals surface area contributed by atoms with Crippen molar-refractivity contribution in [2.45, 2.75) is 39.3 Å². The fourth-order valence-corrected chi connectivity index (χ4v) is 3.89. The van der Waals surface area contributed by atoms with Crippen LogP contribution in [0.1, 0.15) is 27.7 Å². The normalized spacial score (nSPS) is 17.4. The number of fused-ring (bicyclic) bond motifs is 1. The average Bonchev–Trinajstić information content (AvgIpc) is 3.10. The summed E-state index contributed by atoms with van der Waals surface area (Å²) >= 11 is 6.35. The molecule has 0 bridgehead atoms. The number of carbonyl (C=O) groups is 1. The first-order valence-electron chi connectivity index (χ1n) is 10.1. The number of rotatable bonds is 2. The van der Waals surface area contributed by atoms with Crippen molar-refractivity contribution < 1.29 is 13.9 Å². The van der Waals surface area contributed by atoms with Gasteiger partial charge in [0, 0.05) is 36.3 Å². The fraction of sp³-hybridized carbons (Fsp3) is 0.391. The van der Waals surface area contributed by atoms with Crippen LogP contribution in [0.5, 0.6) is 0 Å². The van der Waals surface area contributed by atoms with E-state index in [-0.39, 0.29) is 12.1 Å². The van der Waals surface area contributed by atoms with Crippen LogP contribution in [0.3, 0.4) is 0 Å². The summed E-state index contributed by atoms with van der Waals surface area (Å²) in [6.07, 6.45) is -0.287. The molecular weight excluding hydrogens is 402 g/mol. The molecule has 2 aromatic carbocycles. The zero-order valence-corrected chi connectivity index (χ0v) is 18.4. The lowest BCUT2D eigenvalue weighted by Gasteiger charge is -2.39. The molecule has 1 amide bonds. The van der Waals surface area contributed by atoms with Crippen molar-refractivity contribution >= 4 is 34.8 Å². The summed E-state index contributed by atoms with van der Waals surface area (Å²) in [5.74, 6) is 0. The van der Waals surface area contributed by atoms with E-state index < -0.39 is 5.60 Å². The van der Waals surface area contributed by atoms with Gasteiger partial charge < -0.3 is 19.0 Å². The highest BCUT2D eigenvalue weighted by molar-refractivity contribution is 6.31. The minimum atomic E-state index is -0.509. The molecule has 6 nitrogen and oxygen atoms in total. The third-order valence-corrected chi connectivity index (χ3v) is 5.27. The van der Waals surface area contributed by atoms with E-state index in [1.807, 2.05) is 63.2 Å². The van der Waals surface area contributed by atoms with E-state index in [4.69, 9.17) is 25.7 Å². The van der Waals surface area contributed by atoms with Crippen molar-refractivity contribution in [3.05, 3.63) is 47.5 Å². The summed E-state index contributed by atoms with van der Waals surface area (Å²) in [6.45, 7) is 9.37. The molecule has 1 atom stereocenters. The Kier molecular flexibility index (Phi) is 5.36. The number of piperazine rings is 1. The second kappa shape index (κ2) is 7.84. The largest absolute Gasteiger partial charge is 0.444 e. The van der Waals surface area contributed by atoms with Gasteiger partial charge in [-0.2, -0.15) is 4.98 Å². The first-order chi connectivity index (χ1) is 14.2. The van der Waals surface area contributed by atoms with Crippen LogP contribution in [0.25, 0.3) is 22.2 Å². The van der Waals surface area contributed by atoms with E-state index >= 15 is 0 Å². The minimum absolute atomic E-state index is 0.0370. The number of oxazole rings is 1. The van der Waals surface area contributed by atoms with Crippen molar-refractivity contribution in [1.82, 2.24) is 9.88 Å². The monoisotopic (exact) mass is 427 g/mol. The molecule has 1 aliphatic heterocycles. The van der Waals surface area contributed by atoms with Crippen LogP contribution in [-0.4, -0.2) is 47.3 Å². The molecule has 2 heterocycles. The van der Waals surface area contributed by atoms with Gasteiger partial charge in [0.15, 0.2) is 5.58 Å². The Balaban J connectivity index is 1.60. The van der Waals surface area contributed by atoms with Gasteiger partial charge in [0.25, 0.3) is 6.01 Å². The first-order valence-corrected chi connectivity index (χ1v) is 10.5. The molecule has 4 rings (SSSR count). The van der Waals surface area contributed by atoms with Crippen LogP contribution in [0.2, 0.25) is 5.02 Å². The molecule has 0 aliphatic carbocycles. The molecule has 1 fully saturated rings. The predicted octanol–water partition coefficient (Wildman–Crippen LogP) is 5.59. The predicted molar refractivity (Wildman–Crippen MR) is 119 cm³/mol. The van der Waals surface area contributed by atoms with E-state index in [9.17, 15) is 4.79 Å². The summed E-state index contributed by atoms with van der Waals surface area (Å²) in [5.41, 5.74) is 2.86. The highest BCUT2D eigenvalue weighted by Crippen LogP contribution is 2.35. The lowest BCUT2D eigenvalue weighted by molar-refractivity contribution is 0.0216. The molecule has 7 heteroatoms. The van der Waals surface area contributed by atoms with Crippen LogP contribution >= 0.6 is 11.6 Å². The number of aromatic nitrogens is 1. The molecule has 1 saturated heterocycles. The maximum atomic E-state index is 12.4. The number of amides is 1. The van der Waals surface area contributed by atoms with Crippen LogP contribution in [-0.2, 0) is 4.74 Å². The summed E-state index contributed by atoms with van der Waals surface area (Å²) < 4.78 is 11.7. The van der Waals surface area contributed by atoms with Crippen molar-refractivity contribution in [2.24, 2.45) is 0 Å². The molecule has 0 radical (unpaired) electrons. The van der Waals surface area contributed by atoms with Gasteiger partial charge in [-0.1, -0.05) is 41.9 Å². The van der Waals surface area contributed by atoms with E-state index in [2.05, 4.69) is 11.8 Å². The topological polar surface area (TPSA) is 58.8 Å². The van der Waals surface area contributed by atoms with Crippen molar-refractivity contribution in [2.75, 3.05) is 24.5 Å². The van der Waals surface area contributed by atoms with Crippen molar-refractivity contribution in [1.29, 1.82) is 0 Å². The smallest absolute Gasteiger partial charge is 0.410 e. The Labute approximate surface area is 181 Å². The maximum Gasteiger partial charge on any atom is 0.410 e. The zero-order valence-electron chi connectivity index (χ0n) is 17.7. The molecule has 3 aromatic rings. The highest BCUT2D eigenvalue weighted by atomic mass is 35.5. The molecular formula is C23H26ClN3O3. The number of benzene rings is 2. The lowest BCUT2D eigenvalue weighted by Crippen LogP contribution is -2.54. The first kappa shape index (κ1) is 20.5. The van der Waals surface area contributed by atoms with Gasteiger partial charge in [0.05, 0.1) is 0 Å². The Morgan fingerprint density at radius 1 is 1.20 bits per heavy atom. The van der Waals surface area contributed by atoms with E-state index in [0.29, 0.717) is 36.3 Å². The molecule has 1 unspecified atom stereocenters. The van der Waals surface area contributed by atoms with Crippen molar-refractivity contribution in [3.63, 3.8) is 0 Å². The molecule has 0 saturated carbocycles. The van der Waals surface area contributed by atoms with Crippen LogP contribution in [0.15, 0.2) is 46.9 Å². The Bertz CT molecular complexity index is 1060. The quantitative estimate of drug-likeness (QED) is 0.533. The summed E-state index contributed by atoms with van der Waals surface area (Å²) in [4.78, 5) is 20.9. The highest BCUT2D eigenvalue weighted by Gasteiger charge is 2.32. The van der Waals surface area contributed by atoms with E-state index in [1.54, 1.807) is 4.90 Å². The Morgan fingerprint density at radius 2 is 1.93 bits per heavy atom. The average molecular weight is 428 g/mol. The van der Waals surface area contributed by atoms with Gasteiger partial charge in [-0.05, 0) is 45.4 Å². The zero-order chi connectivity index (χ0) is 21.5. The Morgan fingerprint density at radius 3 is 2.60 bits per heavy atom. The van der Waals surface area contributed by atoms with Crippen LogP contribution < -0.4 is 4.90 Å². The molecule has 1 aromatic heterocycles. The maximum absolute atomic E-state index is 12.4. The third kappa shape index (κ3) is 4.24. The number of hydrogen-bond donors (Lipinski definition) is 0. The molecule has 0 N–H and O–H groups in total. The molecule has 1 aliphatic rings. The van der Waals surface area contributed by atoms with Gasteiger partial charge in [0.1, 0.15) is 11.1 Å². The standard InChI is InChI=1S/C23H26ClN3O3/c1-15-14-26(22(28)30-23(2,3)4)10-11-27(15)21-25-19-13-17(24)12-18(20(19)29-21)16-8-6-5-7-9-16/h5-9,12-13,15H,10-11,14H2,1-4H3. The lowest BCUT2D eigenvalue weighted by atomic mass is 10.1. The molecule has 158 valence electrons. The Hall–Kier alpha value is -2.73. The second-order valence-electron chi connectivity index (χ2n) is 8.63. The van der Waals surface area contributed by atoms with Gasteiger partial charge in [-0.15, -0.1) is 0 Å². The number of anilines is 1. The summed E-state index contributed by atoms with van der Waals surface area (Å²) in [6, 6.07) is 14.3. The molecule has 30 heavy (non-hydrogen) atoms. The number of carbonyl (C=O) groups excluding carboxylic acids is 1. The fourth-order valence-electron chi connectivity index (χ4n) is 3.68. The number of nitrogens with zero attached hydrogens (tertiary/aromatic N) is 3. The van der Waals surface area contributed by atoms with Gasteiger partial charge in [-0.25, -0.2) is 4.79 Å². The number of hydrogen-bond acceptors (Lipinski definition) is 5. The summed E-state index contributed by atoms with van der Waals surface area (Å²) in [7, 11) is 0. The van der Waals surface area contributed by atoms with Crippen LogP contribution in [0.4, 0.5) is 10.8 Å². The van der Waals surface area contributed by atoms with Crippen molar-refractivity contribution in [3.8, 4) is 11.1 Å². The number of ether oxygens (including phenoxy) is 1. The number of halogens is 1. The molecule has 0 spiro atoms. The van der Waals surface area contributed by atoms with Gasteiger partial charge in [-0.3, -0.25) is 0 Å². The summed E-state index contributed by atoms with van der Waals surface area (Å²) in [5, 5.41) is 0.615. The second-order valence-corrected chi connectivity index (χ2v) is 9.07. The SMILES string of the molecule is CC1CN(C(=O)OC(C)(C)C)CCN1c1nc2cc(Cl)cc(-c3ccccc3)c2o1. The van der Waals surface area contributed by atoms with E-state index in [1.165, 1.54) is 0 Å². The van der Waals surface area contributed by atoms with Gasteiger partial charge in [0.2, 0.25) is 0 Å². The van der Waals surface area contributed by atoms with Crippen LogP contribution in [0, 0.1) is 0 Å². The third-order valence-electron chi connectivity index (χ3n) is 5.05.